The fraction of sp³-hybridized carbons (Fsp3) is 1.00. The molecule has 2 nitrogen and oxygen atoms in total. The molecule has 0 spiro atoms. The Morgan fingerprint density at radius 2 is 2.00 bits per heavy atom. The van der Waals surface area contributed by atoms with Crippen LogP contribution >= 0.6 is 11.8 Å². The molecule has 21 heavy (non-hydrogen) atoms. The molecule has 0 aromatic carbocycles. The van der Waals surface area contributed by atoms with E-state index in [1.54, 1.807) is 0 Å². The van der Waals surface area contributed by atoms with E-state index in [4.69, 9.17) is 0 Å². The minimum atomic E-state index is 0.558. The van der Waals surface area contributed by atoms with Gasteiger partial charge in [0.2, 0.25) is 0 Å². The van der Waals surface area contributed by atoms with Gasteiger partial charge >= 0.3 is 0 Å². The fourth-order valence-electron chi connectivity index (χ4n) is 3.94. The van der Waals surface area contributed by atoms with E-state index in [-0.39, 0.29) is 0 Å². The zero-order chi connectivity index (χ0) is 15.1. The molecule has 1 N–H and O–H groups in total. The first-order valence-corrected chi connectivity index (χ1v) is 10.3. The Kier molecular flexibility index (Phi) is 7.37. The molecule has 1 aliphatic carbocycles. The normalized spacial score (nSPS) is 35.0. The molecule has 1 unspecified atom stereocenters. The number of nitrogens with zero attached hydrogens (tertiary/aromatic N) is 1. The van der Waals surface area contributed by atoms with Crippen LogP contribution in [-0.4, -0.2) is 48.6 Å². The van der Waals surface area contributed by atoms with Gasteiger partial charge in [-0.05, 0) is 43.6 Å². The molecule has 1 atom stereocenters. The average Bonchev–Trinajstić information content (AvgIpc) is 2.51. The molecule has 2 aliphatic rings. The summed E-state index contributed by atoms with van der Waals surface area (Å²) in [6.45, 7) is 13.5. The van der Waals surface area contributed by atoms with Crippen LogP contribution in [0.2, 0.25) is 0 Å². The van der Waals surface area contributed by atoms with Crippen LogP contribution in [0.1, 0.15) is 59.3 Å². The van der Waals surface area contributed by atoms with Gasteiger partial charge in [-0.1, -0.05) is 33.6 Å². The molecule has 124 valence electrons. The molecule has 1 saturated heterocycles. The minimum Gasteiger partial charge on any atom is -0.316 e. The monoisotopic (exact) mass is 312 g/mol. The summed E-state index contributed by atoms with van der Waals surface area (Å²) >= 11 is 2.19. The first-order chi connectivity index (χ1) is 10.2. The standard InChI is InChI=1S/C18H36N2S/c1-4-10-19-14-18(8-6-16(3)7-9-18)15-20-11-12-21-17(5-2)13-20/h16-17,19H,4-15H2,1-3H3. The number of thioether (sulfide) groups is 1. The van der Waals surface area contributed by atoms with Crippen LogP contribution in [0, 0.1) is 11.3 Å². The van der Waals surface area contributed by atoms with Gasteiger partial charge in [0.25, 0.3) is 0 Å². The van der Waals surface area contributed by atoms with Crippen molar-refractivity contribution in [3.8, 4) is 0 Å². The van der Waals surface area contributed by atoms with Crippen LogP contribution in [0.3, 0.4) is 0 Å². The van der Waals surface area contributed by atoms with Crippen LogP contribution in [0.25, 0.3) is 0 Å². The van der Waals surface area contributed by atoms with E-state index in [9.17, 15) is 0 Å². The molecule has 1 saturated carbocycles. The largest absolute Gasteiger partial charge is 0.316 e. The molecule has 1 heterocycles. The topological polar surface area (TPSA) is 15.3 Å². The molecule has 2 fully saturated rings. The summed E-state index contributed by atoms with van der Waals surface area (Å²) in [5.74, 6) is 2.29. The highest BCUT2D eigenvalue weighted by Gasteiger charge is 2.36. The third kappa shape index (κ3) is 5.44. The van der Waals surface area contributed by atoms with Crippen LogP contribution in [0.15, 0.2) is 0 Å². The second kappa shape index (κ2) is 8.79. The summed E-state index contributed by atoms with van der Waals surface area (Å²) in [4.78, 5) is 2.79. The molecule has 0 aromatic rings. The highest BCUT2D eigenvalue weighted by molar-refractivity contribution is 8.00. The lowest BCUT2D eigenvalue weighted by molar-refractivity contribution is 0.0878. The van der Waals surface area contributed by atoms with Crippen molar-refractivity contribution in [2.24, 2.45) is 11.3 Å². The van der Waals surface area contributed by atoms with Gasteiger partial charge < -0.3 is 10.2 Å². The van der Waals surface area contributed by atoms with E-state index >= 15 is 0 Å². The second-order valence-electron chi connectivity index (χ2n) is 7.50. The van der Waals surface area contributed by atoms with Crippen molar-refractivity contribution in [3.05, 3.63) is 0 Å². The van der Waals surface area contributed by atoms with Gasteiger partial charge in [0, 0.05) is 37.2 Å². The van der Waals surface area contributed by atoms with Gasteiger partial charge in [0.1, 0.15) is 0 Å². The molecular weight excluding hydrogens is 276 g/mol. The summed E-state index contributed by atoms with van der Waals surface area (Å²) < 4.78 is 0. The molecule has 0 amide bonds. The maximum absolute atomic E-state index is 3.74. The molecular formula is C18H36N2S. The Bertz CT molecular complexity index is 287. The quantitative estimate of drug-likeness (QED) is 0.715. The molecule has 3 heteroatoms. The number of hydrogen-bond donors (Lipinski definition) is 1. The van der Waals surface area contributed by atoms with Gasteiger partial charge in [0.05, 0.1) is 0 Å². The number of nitrogens with one attached hydrogen (secondary N) is 1. The van der Waals surface area contributed by atoms with Crippen molar-refractivity contribution in [2.75, 3.05) is 38.5 Å². The van der Waals surface area contributed by atoms with Crippen molar-refractivity contribution in [1.82, 2.24) is 10.2 Å². The predicted octanol–water partition coefficient (Wildman–Crippen LogP) is 4.01. The van der Waals surface area contributed by atoms with E-state index < -0.39 is 0 Å². The van der Waals surface area contributed by atoms with Crippen molar-refractivity contribution in [1.29, 1.82) is 0 Å². The fourth-order valence-corrected chi connectivity index (χ4v) is 5.19. The van der Waals surface area contributed by atoms with E-state index in [2.05, 4.69) is 42.7 Å². The zero-order valence-electron chi connectivity index (χ0n) is 14.5. The maximum atomic E-state index is 3.74. The third-order valence-corrected chi connectivity index (χ3v) is 6.87. The summed E-state index contributed by atoms with van der Waals surface area (Å²) in [5, 5.41) is 4.62. The van der Waals surface area contributed by atoms with Crippen molar-refractivity contribution in [2.45, 2.75) is 64.5 Å². The molecule has 0 radical (unpaired) electrons. The number of hydrogen-bond acceptors (Lipinski definition) is 3. The summed E-state index contributed by atoms with van der Waals surface area (Å²) in [7, 11) is 0. The SMILES string of the molecule is CCCNCC1(CN2CCSC(CC)C2)CCC(C)CC1. The van der Waals surface area contributed by atoms with Gasteiger partial charge in [-0.2, -0.15) is 11.8 Å². The lowest BCUT2D eigenvalue weighted by Gasteiger charge is -2.45. The molecule has 2 rings (SSSR count). The Morgan fingerprint density at radius 3 is 2.67 bits per heavy atom. The van der Waals surface area contributed by atoms with Gasteiger partial charge in [-0.25, -0.2) is 0 Å². The molecule has 0 bridgehead atoms. The summed E-state index contributed by atoms with van der Waals surface area (Å²) in [6, 6.07) is 0. The van der Waals surface area contributed by atoms with Gasteiger partial charge in [-0.15, -0.1) is 0 Å². The summed E-state index contributed by atoms with van der Waals surface area (Å²) in [5.41, 5.74) is 0.558. The smallest absolute Gasteiger partial charge is 0.0172 e. The van der Waals surface area contributed by atoms with Crippen LogP contribution < -0.4 is 5.32 Å². The van der Waals surface area contributed by atoms with E-state index in [0.717, 1.165) is 11.2 Å². The lowest BCUT2D eigenvalue weighted by Crippen LogP contribution is -2.49. The third-order valence-electron chi connectivity index (χ3n) is 5.50. The first-order valence-electron chi connectivity index (χ1n) is 9.22. The van der Waals surface area contributed by atoms with Crippen molar-refractivity contribution < 1.29 is 0 Å². The average molecular weight is 313 g/mol. The van der Waals surface area contributed by atoms with Crippen molar-refractivity contribution >= 4 is 11.8 Å². The Morgan fingerprint density at radius 1 is 1.24 bits per heavy atom. The summed E-state index contributed by atoms with van der Waals surface area (Å²) in [6.07, 6.45) is 8.34. The Labute approximate surface area is 136 Å². The van der Waals surface area contributed by atoms with Crippen LogP contribution in [-0.2, 0) is 0 Å². The first kappa shape index (κ1) is 17.6. The van der Waals surface area contributed by atoms with Crippen LogP contribution in [0.4, 0.5) is 0 Å². The Balaban J connectivity index is 1.91. The van der Waals surface area contributed by atoms with Gasteiger partial charge in [0.15, 0.2) is 0 Å². The van der Waals surface area contributed by atoms with E-state index in [1.165, 1.54) is 77.0 Å². The van der Waals surface area contributed by atoms with Crippen molar-refractivity contribution in [3.63, 3.8) is 0 Å². The van der Waals surface area contributed by atoms with E-state index in [1.807, 2.05) is 0 Å². The highest BCUT2D eigenvalue weighted by Crippen LogP contribution is 2.40. The minimum absolute atomic E-state index is 0.558. The van der Waals surface area contributed by atoms with Gasteiger partial charge in [-0.3, -0.25) is 0 Å². The zero-order valence-corrected chi connectivity index (χ0v) is 15.3. The predicted molar refractivity (Wildman–Crippen MR) is 96.2 cm³/mol. The Hall–Kier alpha value is 0.270. The second-order valence-corrected chi connectivity index (χ2v) is 8.90. The lowest BCUT2D eigenvalue weighted by atomic mass is 9.70. The van der Waals surface area contributed by atoms with E-state index in [0.29, 0.717) is 5.41 Å². The van der Waals surface area contributed by atoms with Crippen LogP contribution in [0.5, 0.6) is 0 Å². The molecule has 0 aromatic heterocycles. The molecule has 1 aliphatic heterocycles. The highest BCUT2D eigenvalue weighted by atomic mass is 32.2. The maximum Gasteiger partial charge on any atom is 0.0172 e. The number of rotatable bonds is 7.